The molecule has 1 unspecified atom stereocenters. The van der Waals surface area contributed by atoms with Crippen LogP contribution >= 0.6 is 0 Å². The summed E-state index contributed by atoms with van der Waals surface area (Å²) in [6.07, 6.45) is 6.47. The summed E-state index contributed by atoms with van der Waals surface area (Å²) in [6.45, 7) is 2.12. The van der Waals surface area contributed by atoms with Crippen molar-refractivity contribution in [3.8, 4) is 11.3 Å². The molecule has 126 valence electrons. The maximum absolute atomic E-state index is 11.3. The van der Waals surface area contributed by atoms with Crippen LogP contribution in [0, 0.1) is 0 Å². The molecule has 2 aromatic rings. The first-order chi connectivity index (χ1) is 11.7. The van der Waals surface area contributed by atoms with E-state index in [1.165, 1.54) is 24.1 Å². The van der Waals surface area contributed by atoms with Crippen molar-refractivity contribution < 1.29 is 4.79 Å². The van der Waals surface area contributed by atoms with Gasteiger partial charge in [-0.15, -0.1) is 0 Å². The summed E-state index contributed by atoms with van der Waals surface area (Å²) in [7, 11) is 2.05. The molecule has 5 nitrogen and oxygen atoms in total. The van der Waals surface area contributed by atoms with Gasteiger partial charge in [0.05, 0.1) is 23.1 Å². The Bertz CT molecular complexity index is 780. The van der Waals surface area contributed by atoms with Crippen LogP contribution in [0.1, 0.15) is 37.4 Å². The van der Waals surface area contributed by atoms with Gasteiger partial charge < -0.3 is 15.4 Å². The molecule has 1 aliphatic carbocycles. The topological polar surface area (TPSA) is 59.0 Å². The number of fused-ring (bicyclic) bond motifs is 2. The molecule has 0 radical (unpaired) electrons. The average Bonchev–Trinajstić information content (AvgIpc) is 2.82. The van der Waals surface area contributed by atoms with Crippen molar-refractivity contribution in [1.82, 2.24) is 9.78 Å². The lowest BCUT2D eigenvalue weighted by Crippen LogP contribution is -2.25. The second-order valence-corrected chi connectivity index (χ2v) is 7.00. The van der Waals surface area contributed by atoms with E-state index in [0.717, 1.165) is 48.2 Å². The average molecular weight is 324 g/mol. The van der Waals surface area contributed by atoms with E-state index in [1.807, 2.05) is 23.9 Å². The number of aldehydes is 1. The number of hydrogen-bond donors (Lipinski definition) is 2. The molecule has 1 aliphatic heterocycles. The summed E-state index contributed by atoms with van der Waals surface area (Å²) in [5, 5.41) is 11.8. The predicted molar refractivity (Wildman–Crippen MR) is 96.5 cm³/mol. The zero-order valence-electron chi connectivity index (χ0n) is 14.3. The third-order valence-corrected chi connectivity index (χ3v) is 5.19. The molecule has 1 aromatic carbocycles. The first kappa shape index (κ1) is 15.2. The zero-order valence-corrected chi connectivity index (χ0v) is 14.3. The molecule has 0 fully saturated rings. The van der Waals surface area contributed by atoms with E-state index < -0.39 is 0 Å². The predicted octanol–water partition coefficient (Wildman–Crippen LogP) is 3.15. The molecule has 24 heavy (non-hydrogen) atoms. The first-order valence-corrected chi connectivity index (χ1v) is 8.84. The number of aromatic nitrogens is 2. The number of aryl methyl sites for hydroxylation is 1. The number of benzene rings is 1. The Balaban J connectivity index is 1.85. The van der Waals surface area contributed by atoms with Gasteiger partial charge in [-0.25, -0.2) is 0 Å². The quantitative estimate of drug-likeness (QED) is 0.833. The Morgan fingerprint density at radius 3 is 2.92 bits per heavy atom. The first-order valence-electron chi connectivity index (χ1n) is 8.84. The number of para-hydroxylation sites is 1. The van der Waals surface area contributed by atoms with E-state index in [-0.39, 0.29) is 12.1 Å². The van der Waals surface area contributed by atoms with E-state index in [1.54, 1.807) is 0 Å². The molecular formula is C19H24N4O. The molecule has 0 saturated heterocycles. The molecule has 2 N–H and O–H groups in total. The Hall–Kier alpha value is -2.30. The highest BCUT2D eigenvalue weighted by Gasteiger charge is 2.26. The third-order valence-electron chi connectivity index (χ3n) is 5.19. The molecule has 0 saturated carbocycles. The minimum Gasteiger partial charge on any atom is -0.380 e. The summed E-state index contributed by atoms with van der Waals surface area (Å²) >= 11 is 0. The van der Waals surface area contributed by atoms with E-state index >= 15 is 0 Å². The van der Waals surface area contributed by atoms with Gasteiger partial charge in [0.2, 0.25) is 0 Å². The van der Waals surface area contributed by atoms with Crippen molar-refractivity contribution in [1.29, 1.82) is 0 Å². The highest BCUT2D eigenvalue weighted by Crippen LogP contribution is 2.40. The van der Waals surface area contributed by atoms with Gasteiger partial charge in [0.25, 0.3) is 0 Å². The second-order valence-electron chi connectivity index (χ2n) is 7.00. The fourth-order valence-electron chi connectivity index (χ4n) is 4.05. The van der Waals surface area contributed by atoms with Crippen LogP contribution in [0.5, 0.6) is 0 Å². The molecule has 5 heteroatoms. The minimum absolute atomic E-state index is 0.151. The molecule has 2 atom stereocenters. The number of nitrogens with zero attached hydrogens (tertiary/aromatic N) is 2. The van der Waals surface area contributed by atoms with Crippen molar-refractivity contribution in [2.75, 3.05) is 10.6 Å². The van der Waals surface area contributed by atoms with Gasteiger partial charge in [-0.3, -0.25) is 4.68 Å². The lowest BCUT2D eigenvalue weighted by atomic mass is 9.92. The van der Waals surface area contributed by atoms with Gasteiger partial charge in [-0.1, -0.05) is 12.1 Å². The molecule has 2 heterocycles. The number of carbonyl (C=O) groups excluding carboxylic acids is 1. The highest BCUT2D eigenvalue weighted by molar-refractivity contribution is 5.89. The number of hydrogen-bond acceptors (Lipinski definition) is 4. The molecule has 0 amide bonds. The maximum atomic E-state index is 11.3. The summed E-state index contributed by atoms with van der Waals surface area (Å²) in [4.78, 5) is 11.3. The van der Waals surface area contributed by atoms with Crippen LogP contribution in [-0.2, 0) is 24.7 Å². The summed E-state index contributed by atoms with van der Waals surface area (Å²) in [5.74, 6) is 0. The van der Waals surface area contributed by atoms with Gasteiger partial charge in [-0.05, 0) is 45.1 Å². The molecule has 1 aromatic heterocycles. The second kappa shape index (κ2) is 5.96. The van der Waals surface area contributed by atoms with E-state index in [4.69, 9.17) is 5.10 Å². The fraction of sp³-hybridized carbons (Fsp3) is 0.474. The largest absolute Gasteiger partial charge is 0.380 e. The van der Waals surface area contributed by atoms with Crippen LogP contribution in [0.2, 0.25) is 0 Å². The normalized spacial score (nSPS) is 22.6. The Morgan fingerprint density at radius 1 is 1.25 bits per heavy atom. The standard InChI is InChI=1S/C19H24N4O/c1-12-10-13(11-24)21-16-8-5-7-15(19(16)20-12)18-14-6-3-4-9-17(14)23(2)22-18/h5,7-8,11-13,20-21H,3-4,6,9-10H2,1-2H3/t12-,13?/m1/s1. The van der Waals surface area contributed by atoms with Crippen LogP contribution in [0.3, 0.4) is 0 Å². The Morgan fingerprint density at radius 2 is 2.08 bits per heavy atom. The summed E-state index contributed by atoms with van der Waals surface area (Å²) in [6, 6.07) is 6.30. The SMILES string of the molecule is C[C@@H]1CC(C=O)Nc2cccc(-c3nn(C)c4c3CCCC4)c2N1. The Labute approximate surface area is 142 Å². The molecule has 4 rings (SSSR count). The van der Waals surface area contributed by atoms with Gasteiger partial charge in [0.1, 0.15) is 6.29 Å². The monoisotopic (exact) mass is 324 g/mol. The smallest absolute Gasteiger partial charge is 0.142 e. The van der Waals surface area contributed by atoms with E-state index in [0.29, 0.717) is 0 Å². The lowest BCUT2D eigenvalue weighted by Gasteiger charge is -2.17. The molecule has 0 bridgehead atoms. The Kier molecular flexibility index (Phi) is 3.79. The lowest BCUT2D eigenvalue weighted by molar-refractivity contribution is -0.108. The van der Waals surface area contributed by atoms with Gasteiger partial charge in [-0.2, -0.15) is 5.10 Å². The van der Waals surface area contributed by atoms with Crippen LogP contribution in [0.15, 0.2) is 18.2 Å². The van der Waals surface area contributed by atoms with Crippen molar-refractivity contribution in [2.24, 2.45) is 7.05 Å². The van der Waals surface area contributed by atoms with Crippen molar-refractivity contribution in [3.63, 3.8) is 0 Å². The fourth-order valence-corrected chi connectivity index (χ4v) is 4.05. The van der Waals surface area contributed by atoms with Crippen molar-refractivity contribution in [2.45, 2.75) is 51.1 Å². The minimum atomic E-state index is -0.151. The number of anilines is 2. The number of carbonyl (C=O) groups is 1. The number of rotatable bonds is 2. The van der Waals surface area contributed by atoms with Crippen LogP contribution in [0.4, 0.5) is 11.4 Å². The zero-order chi connectivity index (χ0) is 16.7. The van der Waals surface area contributed by atoms with Crippen LogP contribution in [0.25, 0.3) is 11.3 Å². The van der Waals surface area contributed by atoms with Gasteiger partial charge >= 0.3 is 0 Å². The van der Waals surface area contributed by atoms with Crippen molar-refractivity contribution >= 4 is 17.7 Å². The molecule has 0 spiro atoms. The number of nitrogens with one attached hydrogen (secondary N) is 2. The van der Waals surface area contributed by atoms with Crippen LogP contribution in [-0.4, -0.2) is 28.2 Å². The third kappa shape index (κ3) is 2.48. The van der Waals surface area contributed by atoms with E-state index in [9.17, 15) is 4.79 Å². The summed E-state index contributed by atoms with van der Waals surface area (Å²) < 4.78 is 2.05. The highest BCUT2D eigenvalue weighted by atomic mass is 16.1. The summed E-state index contributed by atoms with van der Waals surface area (Å²) in [5.41, 5.74) is 7.05. The van der Waals surface area contributed by atoms with Gasteiger partial charge in [0.15, 0.2) is 0 Å². The van der Waals surface area contributed by atoms with Gasteiger partial charge in [0, 0.05) is 29.9 Å². The molecular weight excluding hydrogens is 300 g/mol. The molecule has 2 aliphatic rings. The van der Waals surface area contributed by atoms with E-state index in [2.05, 4.69) is 23.6 Å². The maximum Gasteiger partial charge on any atom is 0.142 e. The van der Waals surface area contributed by atoms with Crippen LogP contribution < -0.4 is 10.6 Å². The van der Waals surface area contributed by atoms with Crippen molar-refractivity contribution in [3.05, 3.63) is 29.5 Å².